The largest absolute Gasteiger partial charge is 0.544 e. The van der Waals surface area contributed by atoms with Crippen molar-refractivity contribution in [1.82, 2.24) is 0 Å². The van der Waals surface area contributed by atoms with Gasteiger partial charge in [0.1, 0.15) is 5.97 Å². The Hall–Kier alpha value is -1.34. The van der Waals surface area contributed by atoms with Crippen molar-refractivity contribution in [2.24, 2.45) is 0 Å². The number of carbonyl (C=O) groups excluding carboxylic acids is 2. The van der Waals surface area contributed by atoms with Gasteiger partial charge in [-0.3, -0.25) is 0 Å². The maximum atomic E-state index is 12.9. The zero-order valence-corrected chi connectivity index (χ0v) is 11.1. The van der Waals surface area contributed by atoms with Gasteiger partial charge >= 0.3 is 17.8 Å². The molecule has 0 aliphatic rings. The Morgan fingerprint density at radius 1 is 0.950 bits per heavy atom. The van der Waals surface area contributed by atoms with E-state index in [1.165, 1.54) is 0 Å². The molecule has 0 fully saturated rings. The molecule has 0 rings (SSSR count). The van der Waals surface area contributed by atoms with E-state index in [-0.39, 0.29) is 6.42 Å². The van der Waals surface area contributed by atoms with Crippen molar-refractivity contribution in [3.05, 3.63) is 0 Å². The average Bonchev–Trinajstić information content (AvgIpc) is 2.36. The van der Waals surface area contributed by atoms with Crippen LogP contribution in [0.3, 0.4) is 0 Å². The van der Waals surface area contributed by atoms with E-state index in [2.05, 4.69) is 4.74 Å². The first-order valence-corrected chi connectivity index (χ1v) is 6.32. The summed E-state index contributed by atoms with van der Waals surface area (Å²) < 4.78 is 54.9. The third-order valence-corrected chi connectivity index (χ3v) is 2.64. The van der Waals surface area contributed by atoms with E-state index in [0.29, 0.717) is 6.42 Å². The molecular weight excluding hydrogens is 284 g/mol. The number of halogens is 4. The summed E-state index contributed by atoms with van der Waals surface area (Å²) >= 11 is 0. The minimum Gasteiger partial charge on any atom is -0.544 e. The normalized spacial score (nSPS) is 12.2. The van der Waals surface area contributed by atoms with Gasteiger partial charge in [0.2, 0.25) is 0 Å². The molecule has 0 atom stereocenters. The van der Waals surface area contributed by atoms with Crippen LogP contribution in [0.1, 0.15) is 45.4 Å². The highest BCUT2D eigenvalue weighted by atomic mass is 19.3. The van der Waals surface area contributed by atoms with E-state index >= 15 is 0 Å². The van der Waals surface area contributed by atoms with E-state index in [1.54, 1.807) is 0 Å². The predicted molar refractivity (Wildman–Crippen MR) is 59.2 cm³/mol. The average molecular weight is 301 g/mol. The van der Waals surface area contributed by atoms with Crippen LogP contribution in [0.5, 0.6) is 0 Å². The summed E-state index contributed by atoms with van der Waals surface area (Å²) in [5, 5.41) is 9.90. The quantitative estimate of drug-likeness (QED) is 0.351. The summed E-state index contributed by atoms with van der Waals surface area (Å²) in [4.78, 5) is 20.7. The molecule has 0 aliphatic carbocycles. The van der Waals surface area contributed by atoms with Gasteiger partial charge in [-0.05, 0) is 6.42 Å². The van der Waals surface area contributed by atoms with Gasteiger partial charge in [0.25, 0.3) is 0 Å². The Bertz CT molecular complexity index is 331. The molecule has 0 N–H and O–H groups in total. The first-order valence-electron chi connectivity index (χ1n) is 6.32. The van der Waals surface area contributed by atoms with E-state index in [4.69, 9.17) is 0 Å². The number of aliphatic carboxylic acids is 1. The van der Waals surface area contributed by atoms with Crippen molar-refractivity contribution >= 4 is 11.9 Å². The Morgan fingerprint density at radius 2 is 1.45 bits per heavy atom. The van der Waals surface area contributed by atoms with Crippen molar-refractivity contribution in [2.75, 3.05) is 6.61 Å². The highest BCUT2D eigenvalue weighted by Crippen LogP contribution is 2.34. The molecule has 0 unspecified atom stereocenters. The van der Waals surface area contributed by atoms with Gasteiger partial charge in [-0.1, -0.05) is 39.0 Å². The first-order chi connectivity index (χ1) is 9.17. The second-order valence-corrected chi connectivity index (χ2v) is 4.34. The van der Waals surface area contributed by atoms with E-state index in [9.17, 15) is 32.3 Å². The van der Waals surface area contributed by atoms with Gasteiger partial charge in [-0.2, -0.15) is 17.6 Å². The summed E-state index contributed by atoms with van der Waals surface area (Å²) in [5.41, 5.74) is 0. The maximum Gasteiger partial charge on any atom is 0.410 e. The third kappa shape index (κ3) is 4.97. The van der Waals surface area contributed by atoms with Crippen LogP contribution in [0.25, 0.3) is 0 Å². The number of carbonyl (C=O) groups is 2. The number of rotatable bonds is 10. The molecular formula is C12H17F4O4-. The molecule has 118 valence electrons. The first kappa shape index (κ1) is 18.7. The minimum atomic E-state index is -5.59. The Labute approximate surface area is 114 Å². The van der Waals surface area contributed by atoms with Gasteiger partial charge in [0, 0.05) is 0 Å². The minimum absolute atomic E-state index is 0.252. The number of unbranched alkanes of at least 4 members (excludes halogenated alkanes) is 5. The van der Waals surface area contributed by atoms with Crippen LogP contribution < -0.4 is 5.11 Å². The second kappa shape index (κ2) is 8.06. The summed E-state index contributed by atoms with van der Waals surface area (Å²) in [6.45, 7) is 1.56. The van der Waals surface area contributed by atoms with Crippen LogP contribution in [0.4, 0.5) is 17.6 Å². The van der Waals surface area contributed by atoms with Gasteiger partial charge in [-0.25, -0.2) is 4.79 Å². The lowest BCUT2D eigenvalue weighted by atomic mass is 10.1. The molecule has 0 bridgehead atoms. The highest BCUT2D eigenvalue weighted by molar-refractivity contribution is 5.88. The van der Waals surface area contributed by atoms with Crippen LogP contribution in [0.15, 0.2) is 0 Å². The Morgan fingerprint density at radius 3 is 1.95 bits per heavy atom. The van der Waals surface area contributed by atoms with Gasteiger partial charge in [0.05, 0.1) is 6.61 Å². The maximum absolute atomic E-state index is 12.9. The molecule has 0 aromatic rings. The molecule has 0 saturated carbocycles. The summed E-state index contributed by atoms with van der Waals surface area (Å²) in [6, 6.07) is 0. The number of hydrogen-bond donors (Lipinski definition) is 0. The lowest BCUT2D eigenvalue weighted by Gasteiger charge is -2.25. The molecule has 0 aromatic carbocycles. The fourth-order valence-electron chi connectivity index (χ4n) is 1.39. The Kier molecular flexibility index (Phi) is 7.52. The predicted octanol–water partition coefficient (Wildman–Crippen LogP) is 1.91. The molecule has 0 amide bonds. The molecule has 0 aromatic heterocycles. The van der Waals surface area contributed by atoms with Crippen molar-refractivity contribution in [2.45, 2.75) is 57.3 Å². The number of alkyl halides is 4. The van der Waals surface area contributed by atoms with E-state index in [0.717, 1.165) is 25.7 Å². The second-order valence-electron chi connectivity index (χ2n) is 4.34. The third-order valence-electron chi connectivity index (χ3n) is 2.64. The van der Waals surface area contributed by atoms with Gasteiger partial charge in [0.15, 0.2) is 0 Å². The fourth-order valence-corrected chi connectivity index (χ4v) is 1.39. The number of esters is 1. The van der Waals surface area contributed by atoms with Crippen LogP contribution >= 0.6 is 0 Å². The molecule has 8 heteroatoms. The highest BCUT2D eigenvalue weighted by Gasteiger charge is 2.64. The molecule has 4 nitrogen and oxygen atoms in total. The standard InChI is InChI=1S/C12H18F4O4/c1-2-3-4-5-6-7-8-20-10(19)12(15,16)11(13,14)9(17)18/h2-8H2,1H3,(H,17,18)/p-1. The van der Waals surface area contributed by atoms with Crippen LogP contribution in [-0.2, 0) is 14.3 Å². The smallest absolute Gasteiger partial charge is 0.410 e. The zero-order chi connectivity index (χ0) is 15.8. The molecule has 0 aliphatic heterocycles. The summed E-state index contributed by atoms with van der Waals surface area (Å²) in [7, 11) is 0. The summed E-state index contributed by atoms with van der Waals surface area (Å²) in [5.74, 6) is -16.9. The summed E-state index contributed by atoms with van der Waals surface area (Å²) in [6.07, 6.45) is 4.67. The lowest BCUT2D eigenvalue weighted by Crippen LogP contribution is -2.58. The molecule has 20 heavy (non-hydrogen) atoms. The lowest BCUT2D eigenvalue weighted by molar-refractivity contribution is -0.346. The fraction of sp³-hybridized carbons (Fsp3) is 0.833. The molecule has 0 heterocycles. The van der Waals surface area contributed by atoms with Crippen molar-refractivity contribution in [3.8, 4) is 0 Å². The zero-order valence-electron chi connectivity index (χ0n) is 11.1. The van der Waals surface area contributed by atoms with Gasteiger partial charge in [-0.15, -0.1) is 0 Å². The van der Waals surface area contributed by atoms with Crippen molar-refractivity contribution in [3.63, 3.8) is 0 Å². The topological polar surface area (TPSA) is 66.4 Å². The molecule has 0 radical (unpaired) electrons. The number of carboxylic acids is 1. The molecule has 0 spiro atoms. The van der Waals surface area contributed by atoms with Crippen LogP contribution in [-0.4, -0.2) is 30.4 Å². The van der Waals surface area contributed by atoms with Gasteiger partial charge < -0.3 is 14.6 Å². The van der Waals surface area contributed by atoms with E-state index < -0.39 is 30.4 Å². The number of hydrogen-bond acceptors (Lipinski definition) is 4. The van der Waals surface area contributed by atoms with E-state index in [1.807, 2.05) is 6.92 Å². The Balaban J connectivity index is 4.11. The van der Waals surface area contributed by atoms with Crippen LogP contribution in [0, 0.1) is 0 Å². The monoisotopic (exact) mass is 301 g/mol. The van der Waals surface area contributed by atoms with Crippen LogP contribution in [0.2, 0.25) is 0 Å². The SMILES string of the molecule is CCCCCCCCOC(=O)C(F)(F)C(F)(F)C(=O)[O-]. The van der Waals surface area contributed by atoms with Crippen molar-refractivity contribution in [1.29, 1.82) is 0 Å². The van der Waals surface area contributed by atoms with Crippen molar-refractivity contribution < 1.29 is 37.0 Å². The number of ether oxygens (including phenoxy) is 1. The number of carboxylic acid groups (broad SMARTS) is 1. The molecule has 0 saturated heterocycles.